The van der Waals surface area contributed by atoms with E-state index in [0.29, 0.717) is 17.2 Å². The Bertz CT molecular complexity index is 808. The summed E-state index contributed by atoms with van der Waals surface area (Å²) in [6, 6.07) is 7.70. The molecule has 1 fully saturated rings. The lowest BCUT2D eigenvalue weighted by Crippen LogP contribution is -2.40. The molecule has 0 atom stereocenters. The van der Waals surface area contributed by atoms with Gasteiger partial charge in [0.2, 0.25) is 0 Å². The summed E-state index contributed by atoms with van der Waals surface area (Å²) in [5.74, 6) is 0.0526. The number of carbonyl (C=O) groups is 2. The molecule has 1 aromatic heterocycles. The highest BCUT2D eigenvalue weighted by Crippen LogP contribution is 2.23. The molecule has 5 heteroatoms. The molecule has 132 valence electrons. The van der Waals surface area contributed by atoms with E-state index in [1.54, 1.807) is 11.8 Å². The van der Waals surface area contributed by atoms with Gasteiger partial charge >= 0.3 is 5.97 Å². The number of aromatic nitrogens is 1. The number of rotatable bonds is 3. The lowest BCUT2D eigenvalue weighted by molar-refractivity contribution is -0.135. The van der Waals surface area contributed by atoms with E-state index in [1.807, 2.05) is 31.2 Å². The van der Waals surface area contributed by atoms with Gasteiger partial charge in [-0.15, -0.1) is 0 Å². The molecule has 1 aromatic carbocycles. The zero-order chi connectivity index (χ0) is 18.0. The number of para-hydroxylation sites is 1. The van der Waals surface area contributed by atoms with Crippen molar-refractivity contribution in [1.29, 1.82) is 0 Å². The van der Waals surface area contributed by atoms with Crippen molar-refractivity contribution in [2.75, 3.05) is 19.7 Å². The molecule has 0 unspecified atom stereocenters. The van der Waals surface area contributed by atoms with Gasteiger partial charge in [-0.25, -0.2) is 4.79 Å². The number of ether oxygens (including phenoxy) is 1. The molecular formula is C20H24N2O3. The molecule has 0 spiro atoms. The van der Waals surface area contributed by atoms with Crippen LogP contribution in [0.4, 0.5) is 0 Å². The number of piperidine rings is 1. The number of esters is 1. The Hall–Kier alpha value is -2.43. The largest absolute Gasteiger partial charge is 0.452 e. The van der Waals surface area contributed by atoms with Crippen molar-refractivity contribution in [3.8, 4) is 0 Å². The van der Waals surface area contributed by atoms with Crippen LogP contribution in [0.25, 0.3) is 10.9 Å². The number of likely N-dealkylation sites (tertiary alicyclic amines) is 1. The minimum atomic E-state index is -0.480. The predicted molar refractivity (Wildman–Crippen MR) is 96.5 cm³/mol. The monoisotopic (exact) mass is 340 g/mol. The molecule has 1 aliphatic heterocycles. The Balaban J connectivity index is 1.71. The molecule has 1 aliphatic rings. The third-order valence-electron chi connectivity index (χ3n) is 5.00. The number of hydrogen-bond donors (Lipinski definition) is 0. The van der Waals surface area contributed by atoms with Gasteiger partial charge in [-0.3, -0.25) is 9.78 Å². The topological polar surface area (TPSA) is 59.5 Å². The molecule has 0 N–H and O–H groups in total. The van der Waals surface area contributed by atoms with E-state index in [0.717, 1.165) is 42.4 Å². The number of aryl methyl sites for hydroxylation is 2. The summed E-state index contributed by atoms with van der Waals surface area (Å²) in [5, 5.41) is 0.927. The van der Waals surface area contributed by atoms with Crippen molar-refractivity contribution in [1.82, 2.24) is 9.88 Å². The SMILES string of the molecule is Cc1nc2ccccc2c(C)c1C(=O)OCC(=O)N1CCC(C)CC1. The third-order valence-corrected chi connectivity index (χ3v) is 5.00. The highest BCUT2D eigenvalue weighted by atomic mass is 16.5. The zero-order valence-corrected chi connectivity index (χ0v) is 15.0. The van der Waals surface area contributed by atoms with Crippen LogP contribution in [0.15, 0.2) is 24.3 Å². The number of carbonyl (C=O) groups excluding carboxylic acids is 2. The molecule has 0 bridgehead atoms. The van der Waals surface area contributed by atoms with Gasteiger partial charge in [0, 0.05) is 18.5 Å². The molecule has 0 saturated carbocycles. The number of pyridine rings is 1. The van der Waals surface area contributed by atoms with Gasteiger partial charge in [0.05, 0.1) is 16.8 Å². The summed E-state index contributed by atoms with van der Waals surface area (Å²) < 4.78 is 5.31. The third kappa shape index (κ3) is 3.65. The Morgan fingerprint density at radius 3 is 2.60 bits per heavy atom. The molecule has 0 radical (unpaired) electrons. The number of benzene rings is 1. The maximum atomic E-state index is 12.5. The number of amides is 1. The van der Waals surface area contributed by atoms with E-state index in [-0.39, 0.29) is 12.5 Å². The van der Waals surface area contributed by atoms with Gasteiger partial charge in [-0.1, -0.05) is 25.1 Å². The summed E-state index contributed by atoms with van der Waals surface area (Å²) in [5.41, 5.74) is 2.78. The maximum Gasteiger partial charge on any atom is 0.340 e. The van der Waals surface area contributed by atoms with Crippen LogP contribution in [-0.4, -0.2) is 41.5 Å². The van der Waals surface area contributed by atoms with Gasteiger partial charge in [0.1, 0.15) is 0 Å². The molecule has 5 nitrogen and oxygen atoms in total. The van der Waals surface area contributed by atoms with Crippen molar-refractivity contribution < 1.29 is 14.3 Å². The van der Waals surface area contributed by atoms with Crippen molar-refractivity contribution in [2.24, 2.45) is 5.92 Å². The minimum absolute atomic E-state index is 0.121. The zero-order valence-electron chi connectivity index (χ0n) is 15.0. The predicted octanol–water partition coefficient (Wildman–Crippen LogP) is 3.27. The van der Waals surface area contributed by atoms with Crippen molar-refractivity contribution in [2.45, 2.75) is 33.6 Å². The lowest BCUT2D eigenvalue weighted by atomic mass is 9.99. The van der Waals surface area contributed by atoms with Crippen LogP contribution in [0.3, 0.4) is 0 Å². The first kappa shape index (κ1) is 17.4. The second kappa shape index (κ2) is 7.21. The fourth-order valence-electron chi connectivity index (χ4n) is 3.38. The molecule has 3 rings (SSSR count). The number of fused-ring (bicyclic) bond motifs is 1. The first-order valence-electron chi connectivity index (χ1n) is 8.78. The Morgan fingerprint density at radius 2 is 1.88 bits per heavy atom. The van der Waals surface area contributed by atoms with Gasteiger partial charge in [0.25, 0.3) is 5.91 Å². The number of nitrogens with zero attached hydrogens (tertiary/aromatic N) is 2. The first-order chi connectivity index (χ1) is 12.0. The Labute approximate surface area is 148 Å². The summed E-state index contributed by atoms with van der Waals surface area (Å²) in [4.78, 5) is 31.1. The fourth-order valence-corrected chi connectivity index (χ4v) is 3.38. The van der Waals surface area contributed by atoms with Crippen LogP contribution in [-0.2, 0) is 9.53 Å². The Kier molecular flexibility index (Phi) is 5.02. The molecule has 2 heterocycles. The summed E-state index contributed by atoms with van der Waals surface area (Å²) in [7, 11) is 0. The van der Waals surface area contributed by atoms with Crippen LogP contribution < -0.4 is 0 Å². The fraction of sp³-hybridized carbons (Fsp3) is 0.450. The standard InChI is InChI=1S/C20H24N2O3/c1-13-8-10-22(11-9-13)18(23)12-25-20(24)19-14(2)16-6-4-5-7-17(16)21-15(19)3/h4-7,13H,8-12H2,1-3H3. The van der Waals surface area contributed by atoms with Crippen LogP contribution in [0.1, 0.15) is 41.4 Å². The van der Waals surface area contributed by atoms with Crippen molar-refractivity contribution in [3.05, 3.63) is 41.1 Å². The van der Waals surface area contributed by atoms with Crippen LogP contribution in [0, 0.1) is 19.8 Å². The average Bonchev–Trinajstić information content (AvgIpc) is 2.60. The van der Waals surface area contributed by atoms with Gasteiger partial charge in [-0.2, -0.15) is 0 Å². The Morgan fingerprint density at radius 1 is 1.20 bits per heavy atom. The molecule has 1 saturated heterocycles. The van der Waals surface area contributed by atoms with E-state index in [2.05, 4.69) is 11.9 Å². The van der Waals surface area contributed by atoms with E-state index in [1.165, 1.54) is 0 Å². The van der Waals surface area contributed by atoms with E-state index >= 15 is 0 Å². The van der Waals surface area contributed by atoms with Gasteiger partial charge in [0.15, 0.2) is 6.61 Å². The normalized spacial score (nSPS) is 15.4. The van der Waals surface area contributed by atoms with E-state index in [9.17, 15) is 9.59 Å². The second-order valence-corrected chi connectivity index (χ2v) is 6.85. The molecule has 0 aliphatic carbocycles. The van der Waals surface area contributed by atoms with Gasteiger partial charge in [-0.05, 0) is 44.2 Å². The quantitative estimate of drug-likeness (QED) is 0.805. The second-order valence-electron chi connectivity index (χ2n) is 6.85. The smallest absolute Gasteiger partial charge is 0.340 e. The van der Waals surface area contributed by atoms with E-state index < -0.39 is 5.97 Å². The average molecular weight is 340 g/mol. The van der Waals surface area contributed by atoms with Crippen LogP contribution >= 0.6 is 0 Å². The highest BCUT2D eigenvalue weighted by molar-refractivity contribution is 5.99. The summed E-state index contributed by atoms with van der Waals surface area (Å²) in [6.45, 7) is 7.16. The maximum absolute atomic E-state index is 12.5. The van der Waals surface area contributed by atoms with Crippen LogP contribution in [0.5, 0.6) is 0 Å². The van der Waals surface area contributed by atoms with Crippen molar-refractivity contribution >= 4 is 22.8 Å². The van der Waals surface area contributed by atoms with Gasteiger partial charge < -0.3 is 9.64 Å². The molecule has 2 aromatic rings. The minimum Gasteiger partial charge on any atom is -0.452 e. The van der Waals surface area contributed by atoms with E-state index in [4.69, 9.17) is 4.74 Å². The van der Waals surface area contributed by atoms with Crippen LogP contribution in [0.2, 0.25) is 0 Å². The first-order valence-corrected chi connectivity index (χ1v) is 8.78. The highest BCUT2D eigenvalue weighted by Gasteiger charge is 2.23. The van der Waals surface area contributed by atoms with Crippen molar-refractivity contribution in [3.63, 3.8) is 0 Å². The molecule has 1 amide bonds. The summed E-state index contributed by atoms with van der Waals surface area (Å²) >= 11 is 0. The lowest BCUT2D eigenvalue weighted by Gasteiger charge is -2.30. The summed E-state index contributed by atoms with van der Waals surface area (Å²) in [6.07, 6.45) is 2.01. The number of hydrogen-bond acceptors (Lipinski definition) is 4. The molecule has 25 heavy (non-hydrogen) atoms. The molecular weight excluding hydrogens is 316 g/mol.